The van der Waals surface area contributed by atoms with Crippen molar-refractivity contribution in [1.82, 2.24) is 9.78 Å². The molecule has 1 N–H and O–H groups in total. The highest BCUT2D eigenvalue weighted by Gasteiger charge is 2.24. The smallest absolute Gasteiger partial charge is 0.333 e. The van der Waals surface area contributed by atoms with E-state index in [4.69, 9.17) is 0 Å². The van der Waals surface area contributed by atoms with Gasteiger partial charge in [-0.2, -0.15) is 5.10 Å². The number of nitro groups is 1. The van der Waals surface area contributed by atoms with Gasteiger partial charge in [0.15, 0.2) is 0 Å². The van der Waals surface area contributed by atoms with Gasteiger partial charge in [0.2, 0.25) is 5.82 Å². The summed E-state index contributed by atoms with van der Waals surface area (Å²) in [7, 11) is 0. The first-order valence-corrected chi connectivity index (χ1v) is 5.78. The molecule has 0 spiro atoms. The maximum Gasteiger partial charge on any atom is 0.333 e. The van der Waals surface area contributed by atoms with Crippen LogP contribution in [-0.2, 0) is 11.3 Å². The van der Waals surface area contributed by atoms with Crippen LogP contribution in [-0.4, -0.2) is 40.9 Å². The minimum Gasteiger partial charge on any atom is -0.374 e. The van der Waals surface area contributed by atoms with Crippen molar-refractivity contribution in [3.05, 3.63) is 15.8 Å². The van der Waals surface area contributed by atoms with Crippen molar-refractivity contribution < 1.29 is 18.4 Å². The quantitative estimate of drug-likeness (QED) is 0.445. The average Bonchev–Trinajstić information content (AvgIpc) is 2.64. The Labute approximate surface area is 108 Å². The largest absolute Gasteiger partial charge is 0.374 e. The summed E-state index contributed by atoms with van der Waals surface area (Å²) in [6.45, 7) is 3.40. The van der Waals surface area contributed by atoms with Gasteiger partial charge in [-0.3, -0.25) is 10.1 Å². The van der Waals surface area contributed by atoms with Gasteiger partial charge in [0.05, 0.1) is 11.5 Å². The van der Waals surface area contributed by atoms with E-state index in [1.54, 1.807) is 13.8 Å². The second-order valence-electron chi connectivity index (χ2n) is 3.75. The topological polar surface area (TPSA) is 82.2 Å². The molecule has 1 heterocycles. The van der Waals surface area contributed by atoms with Crippen molar-refractivity contribution in [3.63, 3.8) is 0 Å². The van der Waals surface area contributed by atoms with E-state index in [9.17, 15) is 18.9 Å². The molecule has 1 aromatic heterocycles. The maximum atomic E-state index is 11.8. The van der Waals surface area contributed by atoms with E-state index in [1.807, 2.05) is 0 Å². The number of rotatable bonds is 8. The maximum absolute atomic E-state index is 11.8. The molecule has 0 aromatic carbocycles. The van der Waals surface area contributed by atoms with Crippen LogP contribution in [0.25, 0.3) is 0 Å². The van der Waals surface area contributed by atoms with E-state index < -0.39 is 18.0 Å². The SMILES string of the molecule is CCn1nc(C)c([N+](=O)[O-])c1NCCOCC(F)F. The first kappa shape index (κ1) is 15.3. The molecule has 108 valence electrons. The first-order chi connectivity index (χ1) is 8.97. The van der Waals surface area contributed by atoms with E-state index in [2.05, 4.69) is 15.2 Å². The summed E-state index contributed by atoms with van der Waals surface area (Å²) < 4.78 is 29.8. The second-order valence-corrected chi connectivity index (χ2v) is 3.75. The molecule has 0 aliphatic carbocycles. The zero-order chi connectivity index (χ0) is 14.4. The molecule has 0 atom stereocenters. The number of hydrogen-bond donors (Lipinski definition) is 1. The van der Waals surface area contributed by atoms with Gasteiger partial charge in [-0.1, -0.05) is 0 Å². The lowest BCUT2D eigenvalue weighted by atomic mass is 10.4. The van der Waals surface area contributed by atoms with Gasteiger partial charge >= 0.3 is 5.69 Å². The molecule has 0 saturated heterocycles. The number of alkyl halides is 2. The number of nitrogens with zero attached hydrogens (tertiary/aromatic N) is 3. The molecule has 0 aliphatic heterocycles. The summed E-state index contributed by atoms with van der Waals surface area (Å²) >= 11 is 0. The van der Waals surface area contributed by atoms with Crippen molar-refractivity contribution in [1.29, 1.82) is 0 Å². The number of ether oxygens (including phenoxy) is 1. The Morgan fingerprint density at radius 1 is 1.58 bits per heavy atom. The lowest BCUT2D eigenvalue weighted by Crippen LogP contribution is -2.16. The van der Waals surface area contributed by atoms with Crippen LogP contribution in [0.3, 0.4) is 0 Å². The van der Waals surface area contributed by atoms with Gasteiger partial charge in [-0.15, -0.1) is 0 Å². The lowest BCUT2D eigenvalue weighted by Gasteiger charge is -2.08. The third-order valence-electron chi connectivity index (χ3n) is 2.36. The number of aromatic nitrogens is 2. The van der Waals surface area contributed by atoms with Crippen LogP contribution in [0.1, 0.15) is 12.6 Å². The predicted octanol–water partition coefficient (Wildman–Crippen LogP) is 1.81. The molecule has 0 bridgehead atoms. The Morgan fingerprint density at radius 2 is 2.26 bits per heavy atom. The van der Waals surface area contributed by atoms with Crippen LogP contribution in [0.5, 0.6) is 0 Å². The van der Waals surface area contributed by atoms with Crippen LogP contribution < -0.4 is 5.32 Å². The number of nitrogens with one attached hydrogen (secondary N) is 1. The third kappa shape index (κ3) is 4.12. The van der Waals surface area contributed by atoms with Crippen molar-refractivity contribution in [2.45, 2.75) is 26.8 Å². The predicted molar refractivity (Wildman–Crippen MR) is 64.6 cm³/mol. The molecule has 9 heteroatoms. The zero-order valence-corrected chi connectivity index (χ0v) is 10.7. The molecule has 0 fully saturated rings. The second kappa shape index (κ2) is 6.98. The molecule has 0 aliphatic rings. The zero-order valence-electron chi connectivity index (χ0n) is 10.7. The fourth-order valence-electron chi connectivity index (χ4n) is 1.61. The van der Waals surface area contributed by atoms with Gasteiger partial charge in [0.25, 0.3) is 6.43 Å². The van der Waals surface area contributed by atoms with E-state index >= 15 is 0 Å². The third-order valence-corrected chi connectivity index (χ3v) is 2.36. The van der Waals surface area contributed by atoms with Crippen molar-refractivity contribution in [2.24, 2.45) is 0 Å². The van der Waals surface area contributed by atoms with Gasteiger partial charge < -0.3 is 10.1 Å². The number of aryl methyl sites for hydroxylation is 2. The summed E-state index contributed by atoms with van der Waals surface area (Å²) in [5.74, 6) is 0.269. The molecule has 1 rings (SSSR count). The normalized spacial score (nSPS) is 11.0. The standard InChI is InChI=1S/C10H16F2N4O3/c1-3-15-10(9(16(17)18)7(2)14-15)13-4-5-19-6-8(11)12/h8,13H,3-6H2,1-2H3. The fourth-order valence-corrected chi connectivity index (χ4v) is 1.61. The minimum absolute atomic E-state index is 0.0371. The van der Waals surface area contributed by atoms with Crippen molar-refractivity contribution in [2.75, 3.05) is 25.1 Å². The van der Waals surface area contributed by atoms with Gasteiger partial charge in [0.1, 0.15) is 12.3 Å². The molecule has 0 amide bonds. The first-order valence-electron chi connectivity index (χ1n) is 5.78. The molecular weight excluding hydrogens is 262 g/mol. The molecule has 0 unspecified atom stereocenters. The summed E-state index contributed by atoms with van der Waals surface area (Å²) in [6, 6.07) is 0. The minimum atomic E-state index is -2.52. The van der Waals surface area contributed by atoms with Crippen LogP contribution in [0, 0.1) is 17.0 Å². The average molecular weight is 278 g/mol. The number of anilines is 1. The van der Waals surface area contributed by atoms with Gasteiger partial charge in [0, 0.05) is 13.1 Å². The Balaban J connectivity index is 2.63. The van der Waals surface area contributed by atoms with Crippen molar-refractivity contribution in [3.8, 4) is 0 Å². The van der Waals surface area contributed by atoms with E-state index in [0.717, 1.165) is 0 Å². The van der Waals surface area contributed by atoms with Gasteiger partial charge in [-0.25, -0.2) is 13.5 Å². The Morgan fingerprint density at radius 3 is 2.79 bits per heavy atom. The van der Waals surface area contributed by atoms with E-state index in [-0.39, 0.29) is 24.7 Å². The Bertz CT molecular complexity index is 437. The molecule has 1 aromatic rings. The summed E-state index contributed by atoms with van der Waals surface area (Å²) in [5, 5.41) is 17.8. The summed E-state index contributed by atoms with van der Waals surface area (Å²) in [5.41, 5.74) is 0.207. The number of hydrogen-bond acceptors (Lipinski definition) is 5. The fraction of sp³-hybridized carbons (Fsp3) is 0.700. The molecule has 0 saturated carbocycles. The van der Waals surface area contributed by atoms with Crippen LogP contribution >= 0.6 is 0 Å². The molecular formula is C10H16F2N4O3. The van der Waals surface area contributed by atoms with Crippen LogP contribution in [0.4, 0.5) is 20.3 Å². The van der Waals surface area contributed by atoms with E-state index in [0.29, 0.717) is 12.2 Å². The molecule has 19 heavy (non-hydrogen) atoms. The van der Waals surface area contributed by atoms with E-state index in [1.165, 1.54) is 4.68 Å². The van der Waals surface area contributed by atoms with Crippen LogP contribution in [0.2, 0.25) is 0 Å². The van der Waals surface area contributed by atoms with Gasteiger partial charge in [-0.05, 0) is 13.8 Å². The monoisotopic (exact) mass is 278 g/mol. The number of halogens is 2. The highest BCUT2D eigenvalue weighted by Crippen LogP contribution is 2.27. The Hall–Kier alpha value is -1.77. The van der Waals surface area contributed by atoms with Crippen LogP contribution in [0.15, 0.2) is 0 Å². The molecule has 0 radical (unpaired) electrons. The lowest BCUT2D eigenvalue weighted by molar-refractivity contribution is -0.384. The summed E-state index contributed by atoms with van der Waals surface area (Å²) in [6.07, 6.45) is -2.52. The molecule has 7 nitrogen and oxygen atoms in total. The summed E-state index contributed by atoms with van der Waals surface area (Å²) in [4.78, 5) is 10.4. The Kier molecular flexibility index (Phi) is 5.61. The highest BCUT2D eigenvalue weighted by atomic mass is 19.3. The van der Waals surface area contributed by atoms with Crippen molar-refractivity contribution >= 4 is 11.5 Å². The highest BCUT2D eigenvalue weighted by molar-refractivity contribution is 5.59.